The Hall–Kier alpha value is -3.81. The van der Waals surface area contributed by atoms with E-state index in [4.69, 9.17) is 16.0 Å². The molecule has 1 aromatic heterocycles. The first kappa shape index (κ1) is 18.7. The molecule has 6 aromatic rings. The normalized spacial score (nSPS) is 13.8. The summed E-state index contributed by atoms with van der Waals surface area (Å²) in [6.45, 7) is 0. The van der Waals surface area contributed by atoms with Crippen molar-refractivity contribution < 1.29 is 4.42 Å². The maximum atomic E-state index is 6.46. The van der Waals surface area contributed by atoms with Crippen LogP contribution in [-0.4, -0.2) is 0 Å². The summed E-state index contributed by atoms with van der Waals surface area (Å²) in [6.07, 6.45) is 0. The van der Waals surface area contributed by atoms with E-state index in [0.29, 0.717) is 5.02 Å². The van der Waals surface area contributed by atoms with Gasteiger partial charge in [-0.1, -0.05) is 103 Å². The van der Waals surface area contributed by atoms with Gasteiger partial charge in [0, 0.05) is 15.8 Å². The molecule has 0 N–H and O–H groups in total. The first-order valence-corrected chi connectivity index (χ1v) is 11.5. The van der Waals surface area contributed by atoms with Crippen LogP contribution in [0.5, 0.6) is 0 Å². The summed E-state index contributed by atoms with van der Waals surface area (Å²) in [5.74, 6) is 0. The van der Waals surface area contributed by atoms with Gasteiger partial charge in [-0.15, -0.1) is 0 Å². The third-order valence-electron chi connectivity index (χ3n) is 7.02. The molecule has 0 aliphatic heterocycles. The summed E-state index contributed by atoms with van der Waals surface area (Å²) in [4.78, 5) is 0. The fourth-order valence-electron chi connectivity index (χ4n) is 5.79. The van der Waals surface area contributed by atoms with Gasteiger partial charge in [-0.2, -0.15) is 0 Å². The van der Waals surface area contributed by atoms with Gasteiger partial charge in [-0.3, -0.25) is 0 Å². The van der Waals surface area contributed by atoms with E-state index in [1.165, 1.54) is 33.4 Å². The van der Waals surface area contributed by atoms with Crippen LogP contribution in [0, 0.1) is 0 Å². The van der Waals surface area contributed by atoms with Crippen molar-refractivity contribution in [3.63, 3.8) is 0 Å². The number of furan rings is 1. The molecule has 0 unspecified atom stereocenters. The van der Waals surface area contributed by atoms with Crippen LogP contribution < -0.4 is 0 Å². The van der Waals surface area contributed by atoms with Gasteiger partial charge in [0.05, 0.1) is 5.41 Å². The quantitative estimate of drug-likeness (QED) is 0.261. The van der Waals surface area contributed by atoms with Crippen LogP contribution in [-0.2, 0) is 5.41 Å². The molecule has 1 heterocycles. The van der Waals surface area contributed by atoms with Crippen molar-refractivity contribution in [3.8, 4) is 11.1 Å². The largest absolute Gasteiger partial charge is 0.456 e. The molecule has 33 heavy (non-hydrogen) atoms. The van der Waals surface area contributed by atoms with Gasteiger partial charge in [0.1, 0.15) is 11.2 Å². The summed E-state index contributed by atoms with van der Waals surface area (Å²) >= 11 is 6.46. The zero-order valence-electron chi connectivity index (χ0n) is 17.8. The van der Waals surface area contributed by atoms with Gasteiger partial charge in [0.2, 0.25) is 0 Å². The maximum Gasteiger partial charge on any atom is 0.135 e. The molecule has 0 fully saturated rings. The summed E-state index contributed by atoms with van der Waals surface area (Å²) in [5, 5.41) is 2.87. The van der Waals surface area contributed by atoms with Gasteiger partial charge < -0.3 is 4.42 Å². The minimum atomic E-state index is -0.465. The Morgan fingerprint density at radius 3 is 1.91 bits per heavy atom. The Kier molecular flexibility index (Phi) is 3.88. The highest BCUT2D eigenvalue weighted by atomic mass is 35.5. The fourth-order valence-corrected chi connectivity index (χ4v) is 5.96. The second-order valence-electron chi connectivity index (χ2n) is 8.63. The predicted octanol–water partition coefficient (Wildman–Crippen LogP) is 8.60. The first-order valence-electron chi connectivity index (χ1n) is 11.1. The maximum absolute atomic E-state index is 6.46. The van der Waals surface area contributed by atoms with E-state index < -0.39 is 5.41 Å². The van der Waals surface area contributed by atoms with E-state index in [0.717, 1.165) is 21.9 Å². The molecular weight excluding hydrogens is 424 g/mol. The summed E-state index contributed by atoms with van der Waals surface area (Å²) in [6, 6.07) is 40.7. The zero-order valence-corrected chi connectivity index (χ0v) is 18.5. The van der Waals surface area contributed by atoms with E-state index in [1.807, 2.05) is 18.2 Å². The van der Waals surface area contributed by atoms with Crippen molar-refractivity contribution in [2.75, 3.05) is 0 Å². The molecule has 156 valence electrons. The molecule has 0 saturated heterocycles. The lowest BCUT2D eigenvalue weighted by molar-refractivity contribution is 0.667. The molecule has 5 aromatic carbocycles. The highest BCUT2D eigenvalue weighted by Gasteiger charge is 2.47. The molecular formula is C31H19ClO. The average molecular weight is 443 g/mol. The van der Waals surface area contributed by atoms with E-state index in [9.17, 15) is 0 Å². The third kappa shape index (κ3) is 2.43. The standard InChI is InChI=1S/C31H19ClO/c32-21-17-18-28-24(19-21)30-27(15-8-16-29(30)33-28)31(20-9-2-1-3-10-20)25-13-6-4-11-22(25)23-12-5-7-14-26(23)31/h1-19H. The SMILES string of the molecule is Clc1ccc2oc3cccc(C4(c5ccccc5)c5ccccc5-c5ccccc54)c3c2c1. The molecule has 2 heteroatoms. The van der Waals surface area contributed by atoms with Crippen LogP contribution >= 0.6 is 11.6 Å². The Labute approximate surface area is 196 Å². The van der Waals surface area contributed by atoms with Crippen LogP contribution in [0.4, 0.5) is 0 Å². The van der Waals surface area contributed by atoms with Crippen LogP contribution in [0.1, 0.15) is 22.3 Å². The average Bonchev–Trinajstić information content (AvgIpc) is 3.38. The second-order valence-corrected chi connectivity index (χ2v) is 9.06. The van der Waals surface area contributed by atoms with Crippen LogP contribution in [0.3, 0.4) is 0 Å². The van der Waals surface area contributed by atoms with Crippen LogP contribution in [0.25, 0.3) is 33.1 Å². The van der Waals surface area contributed by atoms with Gasteiger partial charge in [-0.05, 0) is 57.6 Å². The number of rotatable bonds is 2. The third-order valence-corrected chi connectivity index (χ3v) is 7.26. The van der Waals surface area contributed by atoms with Crippen LogP contribution in [0.2, 0.25) is 5.02 Å². The van der Waals surface area contributed by atoms with Crippen molar-refractivity contribution >= 4 is 33.5 Å². The Morgan fingerprint density at radius 1 is 0.545 bits per heavy atom. The van der Waals surface area contributed by atoms with Crippen molar-refractivity contribution in [3.05, 3.63) is 143 Å². The smallest absolute Gasteiger partial charge is 0.135 e. The molecule has 0 atom stereocenters. The summed E-state index contributed by atoms with van der Waals surface area (Å²) < 4.78 is 6.31. The summed E-state index contributed by atoms with van der Waals surface area (Å²) in [5.41, 5.74) is 8.86. The lowest BCUT2D eigenvalue weighted by atomic mass is 9.66. The van der Waals surface area contributed by atoms with E-state index in [1.54, 1.807) is 0 Å². The Balaban J connectivity index is 1.74. The van der Waals surface area contributed by atoms with Crippen LogP contribution in [0.15, 0.2) is 120 Å². The number of hydrogen-bond acceptors (Lipinski definition) is 1. The lowest BCUT2D eigenvalue weighted by Gasteiger charge is -2.34. The van der Waals surface area contributed by atoms with Crippen molar-refractivity contribution in [2.45, 2.75) is 5.41 Å². The topological polar surface area (TPSA) is 13.1 Å². The molecule has 7 rings (SSSR count). The van der Waals surface area contributed by atoms with Crippen molar-refractivity contribution in [1.82, 2.24) is 0 Å². The monoisotopic (exact) mass is 442 g/mol. The van der Waals surface area contributed by atoms with E-state index >= 15 is 0 Å². The van der Waals surface area contributed by atoms with Gasteiger partial charge in [-0.25, -0.2) is 0 Å². The van der Waals surface area contributed by atoms with E-state index in [-0.39, 0.29) is 0 Å². The lowest BCUT2D eigenvalue weighted by Crippen LogP contribution is -2.28. The first-order chi connectivity index (χ1) is 16.3. The molecule has 0 radical (unpaired) electrons. The Morgan fingerprint density at radius 2 is 1.18 bits per heavy atom. The van der Waals surface area contributed by atoms with E-state index in [2.05, 4.69) is 97.1 Å². The molecule has 1 aliphatic carbocycles. The molecule has 1 nitrogen and oxygen atoms in total. The van der Waals surface area contributed by atoms with Crippen molar-refractivity contribution in [1.29, 1.82) is 0 Å². The number of halogens is 1. The minimum absolute atomic E-state index is 0.465. The molecule has 0 saturated carbocycles. The number of hydrogen-bond donors (Lipinski definition) is 0. The fraction of sp³-hybridized carbons (Fsp3) is 0.0323. The Bertz CT molecular complexity index is 1630. The zero-order chi connectivity index (χ0) is 22.0. The highest BCUT2D eigenvalue weighted by molar-refractivity contribution is 6.31. The summed E-state index contributed by atoms with van der Waals surface area (Å²) in [7, 11) is 0. The van der Waals surface area contributed by atoms with Crippen molar-refractivity contribution in [2.24, 2.45) is 0 Å². The van der Waals surface area contributed by atoms with Gasteiger partial charge in [0.25, 0.3) is 0 Å². The molecule has 0 bridgehead atoms. The van der Waals surface area contributed by atoms with Gasteiger partial charge in [0.15, 0.2) is 0 Å². The molecule has 1 aliphatic rings. The van der Waals surface area contributed by atoms with Gasteiger partial charge >= 0.3 is 0 Å². The predicted molar refractivity (Wildman–Crippen MR) is 136 cm³/mol. The number of benzene rings is 5. The second kappa shape index (κ2) is 6.84. The molecule has 0 amide bonds. The number of fused-ring (bicyclic) bond motifs is 6. The highest BCUT2D eigenvalue weighted by Crippen LogP contribution is 2.57. The minimum Gasteiger partial charge on any atom is -0.456 e. The molecule has 0 spiro atoms.